The second-order valence-corrected chi connectivity index (χ2v) is 8.05. The van der Waals surface area contributed by atoms with Crippen molar-refractivity contribution in [3.8, 4) is 0 Å². The van der Waals surface area contributed by atoms with Crippen LogP contribution in [0.2, 0.25) is 0 Å². The van der Waals surface area contributed by atoms with Crippen LogP contribution in [0, 0.1) is 11.7 Å². The molecule has 0 radical (unpaired) electrons. The van der Waals surface area contributed by atoms with Gasteiger partial charge in [-0.2, -0.15) is 0 Å². The number of hydrogen-bond acceptors (Lipinski definition) is 5. The van der Waals surface area contributed by atoms with Crippen molar-refractivity contribution in [2.24, 2.45) is 5.92 Å². The van der Waals surface area contributed by atoms with E-state index in [4.69, 9.17) is 0 Å². The third kappa shape index (κ3) is 3.37. The van der Waals surface area contributed by atoms with Gasteiger partial charge in [0.1, 0.15) is 18.4 Å². The first-order chi connectivity index (χ1) is 15.1. The van der Waals surface area contributed by atoms with E-state index in [-0.39, 0.29) is 36.8 Å². The van der Waals surface area contributed by atoms with E-state index in [1.165, 1.54) is 17.0 Å². The standard InChI is InChI=1S/C23H23FN4O3/c24-17-7-5-16(6-8-17)21-18(14-29)22-23(31)26(11-12-28(22)25-21)13-20(30)27-10-9-15-3-1-2-4-19(15)27/h1-8,11-12,18,21-22,25,29H,9-10,13-14H2. The lowest BCUT2D eigenvalue weighted by Crippen LogP contribution is -2.52. The number of anilines is 1. The molecular formula is C23H23FN4O3. The molecule has 2 N–H and O–H groups in total. The number of benzene rings is 2. The quantitative estimate of drug-likeness (QED) is 0.782. The number of para-hydroxylation sites is 1. The van der Waals surface area contributed by atoms with Gasteiger partial charge >= 0.3 is 0 Å². The van der Waals surface area contributed by atoms with Gasteiger partial charge in [0.05, 0.1) is 12.6 Å². The molecule has 3 unspecified atom stereocenters. The molecule has 2 aromatic carbocycles. The zero-order valence-corrected chi connectivity index (χ0v) is 16.8. The van der Waals surface area contributed by atoms with Crippen LogP contribution in [0.15, 0.2) is 60.9 Å². The van der Waals surface area contributed by atoms with Gasteiger partial charge in [-0.3, -0.25) is 9.59 Å². The number of hydrogen-bond donors (Lipinski definition) is 2. The lowest BCUT2D eigenvalue weighted by atomic mass is 9.89. The van der Waals surface area contributed by atoms with Crippen molar-refractivity contribution in [3.05, 3.63) is 77.9 Å². The number of rotatable bonds is 4. The van der Waals surface area contributed by atoms with Gasteiger partial charge in [0, 0.05) is 30.5 Å². The van der Waals surface area contributed by atoms with E-state index in [1.54, 1.807) is 34.4 Å². The summed E-state index contributed by atoms with van der Waals surface area (Å²) in [7, 11) is 0. The normalized spacial score (nSPS) is 24.5. The summed E-state index contributed by atoms with van der Waals surface area (Å²) in [5.74, 6) is -1.17. The molecule has 0 bridgehead atoms. The summed E-state index contributed by atoms with van der Waals surface area (Å²) < 4.78 is 13.3. The van der Waals surface area contributed by atoms with E-state index in [1.807, 2.05) is 24.3 Å². The lowest BCUT2D eigenvalue weighted by molar-refractivity contribution is -0.138. The van der Waals surface area contributed by atoms with Crippen LogP contribution in [0.3, 0.4) is 0 Å². The molecule has 31 heavy (non-hydrogen) atoms. The number of hydrazine groups is 1. The molecule has 2 amide bonds. The number of aliphatic hydroxyl groups is 1. The topological polar surface area (TPSA) is 76.1 Å². The minimum absolute atomic E-state index is 0.0621. The predicted octanol–water partition coefficient (Wildman–Crippen LogP) is 1.57. The molecule has 1 fully saturated rings. The van der Waals surface area contributed by atoms with Crippen molar-refractivity contribution in [1.82, 2.24) is 15.3 Å². The average Bonchev–Trinajstić information content (AvgIpc) is 3.38. The van der Waals surface area contributed by atoms with Crippen LogP contribution < -0.4 is 10.3 Å². The number of fused-ring (bicyclic) bond motifs is 2. The molecule has 3 heterocycles. The molecule has 0 spiro atoms. The molecule has 5 rings (SSSR count). The molecule has 3 aliphatic heterocycles. The van der Waals surface area contributed by atoms with Crippen LogP contribution in [0.4, 0.5) is 10.1 Å². The van der Waals surface area contributed by atoms with Crippen molar-refractivity contribution in [3.63, 3.8) is 0 Å². The Morgan fingerprint density at radius 1 is 1.13 bits per heavy atom. The van der Waals surface area contributed by atoms with Gasteiger partial charge in [0.2, 0.25) is 5.91 Å². The van der Waals surface area contributed by atoms with E-state index in [0.717, 1.165) is 23.2 Å². The van der Waals surface area contributed by atoms with E-state index >= 15 is 0 Å². The van der Waals surface area contributed by atoms with Gasteiger partial charge in [-0.15, -0.1) is 0 Å². The van der Waals surface area contributed by atoms with Gasteiger partial charge in [-0.1, -0.05) is 30.3 Å². The molecule has 0 aromatic heterocycles. The second-order valence-electron chi connectivity index (χ2n) is 8.05. The first kappa shape index (κ1) is 19.7. The maximum absolute atomic E-state index is 13.3. The van der Waals surface area contributed by atoms with Gasteiger partial charge in [0.25, 0.3) is 5.91 Å². The number of amides is 2. The summed E-state index contributed by atoms with van der Waals surface area (Å²) in [6.45, 7) is 0.317. The Bertz CT molecular complexity index is 1040. The van der Waals surface area contributed by atoms with Crippen LogP contribution >= 0.6 is 0 Å². The van der Waals surface area contributed by atoms with Crippen molar-refractivity contribution in [1.29, 1.82) is 0 Å². The molecule has 3 aliphatic rings. The third-order valence-electron chi connectivity index (χ3n) is 6.30. The fourth-order valence-electron chi connectivity index (χ4n) is 4.71. The number of halogens is 1. The van der Waals surface area contributed by atoms with Crippen LogP contribution in [-0.2, 0) is 16.0 Å². The molecule has 0 aliphatic carbocycles. The molecule has 1 saturated heterocycles. The van der Waals surface area contributed by atoms with Crippen molar-refractivity contribution >= 4 is 17.5 Å². The highest BCUT2D eigenvalue weighted by Gasteiger charge is 2.48. The zero-order chi connectivity index (χ0) is 21.5. The molecule has 160 valence electrons. The number of nitrogens with zero attached hydrogens (tertiary/aromatic N) is 3. The van der Waals surface area contributed by atoms with Crippen LogP contribution in [0.1, 0.15) is 17.2 Å². The van der Waals surface area contributed by atoms with Crippen molar-refractivity contribution in [2.75, 3.05) is 24.6 Å². The van der Waals surface area contributed by atoms with Gasteiger partial charge in [-0.25, -0.2) is 9.82 Å². The van der Waals surface area contributed by atoms with Crippen molar-refractivity contribution in [2.45, 2.75) is 18.5 Å². The predicted molar refractivity (Wildman–Crippen MR) is 112 cm³/mol. The second kappa shape index (κ2) is 7.79. The monoisotopic (exact) mass is 422 g/mol. The Balaban J connectivity index is 1.33. The van der Waals surface area contributed by atoms with Crippen LogP contribution in [-0.4, -0.2) is 52.6 Å². The molecule has 3 atom stereocenters. The smallest absolute Gasteiger partial charge is 0.251 e. The molecular weight excluding hydrogens is 399 g/mol. The highest BCUT2D eigenvalue weighted by molar-refractivity contribution is 5.99. The summed E-state index contributed by atoms with van der Waals surface area (Å²) in [6.07, 6.45) is 4.11. The summed E-state index contributed by atoms with van der Waals surface area (Å²) in [6, 6.07) is 12.8. The Morgan fingerprint density at radius 3 is 2.68 bits per heavy atom. The number of nitrogens with one attached hydrogen (secondary N) is 1. The van der Waals surface area contributed by atoms with E-state index < -0.39 is 12.0 Å². The highest BCUT2D eigenvalue weighted by Crippen LogP contribution is 2.36. The molecule has 8 heteroatoms. The minimum Gasteiger partial charge on any atom is -0.396 e. The van der Waals surface area contributed by atoms with Crippen molar-refractivity contribution < 1.29 is 19.1 Å². The Kier molecular flexibility index (Phi) is 4.95. The van der Waals surface area contributed by atoms with E-state index in [9.17, 15) is 19.1 Å². The fourth-order valence-corrected chi connectivity index (χ4v) is 4.71. The minimum atomic E-state index is -0.649. The molecule has 0 saturated carbocycles. The van der Waals surface area contributed by atoms with Gasteiger partial charge in [-0.05, 0) is 35.7 Å². The van der Waals surface area contributed by atoms with E-state index in [0.29, 0.717) is 6.54 Å². The van der Waals surface area contributed by atoms with Gasteiger partial charge in [0.15, 0.2) is 0 Å². The molecule has 7 nitrogen and oxygen atoms in total. The van der Waals surface area contributed by atoms with Crippen LogP contribution in [0.25, 0.3) is 0 Å². The van der Waals surface area contributed by atoms with Crippen LogP contribution in [0.5, 0.6) is 0 Å². The Morgan fingerprint density at radius 2 is 1.90 bits per heavy atom. The largest absolute Gasteiger partial charge is 0.396 e. The number of aliphatic hydroxyl groups excluding tert-OH is 1. The molecule has 2 aromatic rings. The summed E-state index contributed by atoms with van der Waals surface area (Å²) in [4.78, 5) is 29.4. The summed E-state index contributed by atoms with van der Waals surface area (Å²) in [5, 5.41) is 11.7. The number of carbonyl (C=O) groups is 2. The lowest BCUT2D eigenvalue weighted by Gasteiger charge is -2.33. The highest BCUT2D eigenvalue weighted by atomic mass is 19.1. The average molecular weight is 422 g/mol. The number of carbonyl (C=O) groups excluding carboxylic acids is 2. The maximum Gasteiger partial charge on any atom is 0.251 e. The van der Waals surface area contributed by atoms with Gasteiger partial charge < -0.3 is 19.9 Å². The zero-order valence-electron chi connectivity index (χ0n) is 16.8. The summed E-state index contributed by atoms with van der Waals surface area (Å²) >= 11 is 0. The first-order valence-electron chi connectivity index (χ1n) is 10.3. The third-order valence-corrected chi connectivity index (χ3v) is 6.30. The SMILES string of the molecule is O=C1C2C(CO)C(c3ccc(F)cc3)NN2C=CN1CC(=O)N1CCc2ccccc21. The Labute approximate surface area is 179 Å². The fraction of sp³-hybridized carbons (Fsp3) is 0.304. The maximum atomic E-state index is 13.3. The Hall–Kier alpha value is -3.23. The summed E-state index contributed by atoms with van der Waals surface area (Å²) in [5.41, 5.74) is 6.04. The van der Waals surface area contributed by atoms with E-state index in [2.05, 4.69) is 5.43 Å². The first-order valence-corrected chi connectivity index (χ1v) is 10.3.